The van der Waals surface area contributed by atoms with Gasteiger partial charge in [0.25, 0.3) is 0 Å². The van der Waals surface area contributed by atoms with E-state index in [1.807, 2.05) is 32.3 Å². The minimum absolute atomic E-state index is 0. The highest BCUT2D eigenvalue weighted by Gasteiger charge is 2.07. The van der Waals surface area contributed by atoms with Crippen LogP contribution in [0.5, 0.6) is 0 Å². The molecule has 0 saturated heterocycles. The molecule has 0 saturated carbocycles. The van der Waals surface area contributed by atoms with Crippen molar-refractivity contribution in [2.24, 2.45) is 7.05 Å². The van der Waals surface area contributed by atoms with Crippen molar-refractivity contribution in [2.75, 3.05) is 12.8 Å². The van der Waals surface area contributed by atoms with Crippen LogP contribution in [0.3, 0.4) is 0 Å². The lowest BCUT2D eigenvalue weighted by Gasteiger charge is -2.15. The lowest BCUT2D eigenvalue weighted by atomic mass is 10.2. The van der Waals surface area contributed by atoms with Crippen LogP contribution in [0.15, 0.2) is 24.3 Å². The molecule has 1 aromatic carbocycles. The van der Waals surface area contributed by atoms with E-state index in [1.165, 1.54) is 5.56 Å². The molecular formula is C11H17ClN6. The van der Waals surface area contributed by atoms with Crippen LogP contribution in [0.25, 0.3) is 0 Å². The van der Waals surface area contributed by atoms with E-state index in [4.69, 9.17) is 5.73 Å². The Morgan fingerprint density at radius 2 is 2.11 bits per heavy atom. The fourth-order valence-corrected chi connectivity index (χ4v) is 1.68. The molecule has 6 nitrogen and oxygen atoms in total. The summed E-state index contributed by atoms with van der Waals surface area (Å²) in [6, 6.07) is 7.88. The third-order valence-electron chi connectivity index (χ3n) is 2.52. The molecule has 2 aromatic rings. The van der Waals surface area contributed by atoms with E-state index in [2.05, 4.69) is 26.5 Å². The molecule has 0 unspecified atom stereocenters. The fraction of sp³-hybridized carbons (Fsp3) is 0.364. The van der Waals surface area contributed by atoms with E-state index in [0.717, 1.165) is 18.1 Å². The maximum Gasteiger partial charge on any atom is 0.164 e. The van der Waals surface area contributed by atoms with Gasteiger partial charge in [-0.2, -0.15) is 0 Å². The number of aromatic nitrogens is 4. The van der Waals surface area contributed by atoms with E-state index in [-0.39, 0.29) is 12.4 Å². The van der Waals surface area contributed by atoms with Crippen LogP contribution in [0.2, 0.25) is 0 Å². The number of nitrogens with two attached hydrogens (primary N) is 1. The third-order valence-corrected chi connectivity index (χ3v) is 2.52. The first kappa shape index (κ1) is 14.4. The molecule has 0 bridgehead atoms. The Morgan fingerprint density at radius 3 is 2.72 bits per heavy atom. The van der Waals surface area contributed by atoms with Crippen LogP contribution >= 0.6 is 12.4 Å². The maximum atomic E-state index is 5.74. The lowest BCUT2D eigenvalue weighted by molar-refractivity contribution is 0.305. The molecule has 2 rings (SSSR count). The van der Waals surface area contributed by atoms with Gasteiger partial charge >= 0.3 is 0 Å². The first-order valence-electron chi connectivity index (χ1n) is 5.39. The fourth-order valence-electron chi connectivity index (χ4n) is 1.68. The highest BCUT2D eigenvalue weighted by atomic mass is 35.5. The number of nitrogen functional groups attached to an aromatic ring is 1. The summed E-state index contributed by atoms with van der Waals surface area (Å²) in [5, 5.41) is 11.4. The topological polar surface area (TPSA) is 72.9 Å². The predicted octanol–water partition coefficient (Wildman–Crippen LogP) is 0.846. The number of anilines is 1. The molecule has 0 aliphatic rings. The van der Waals surface area contributed by atoms with E-state index in [1.54, 1.807) is 4.68 Å². The van der Waals surface area contributed by atoms with Gasteiger partial charge in [-0.05, 0) is 35.2 Å². The van der Waals surface area contributed by atoms with Crippen LogP contribution in [0, 0.1) is 0 Å². The Bertz CT molecular complexity index is 498. The molecule has 18 heavy (non-hydrogen) atoms. The maximum absolute atomic E-state index is 5.74. The highest BCUT2D eigenvalue weighted by molar-refractivity contribution is 5.85. The molecule has 1 heterocycles. The Kier molecular flexibility index (Phi) is 5.06. The average Bonchev–Trinajstić information content (AvgIpc) is 2.64. The summed E-state index contributed by atoms with van der Waals surface area (Å²) in [7, 11) is 3.86. The number of benzene rings is 1. The summed E-state index contributed by atoms with van der Waals surface area (Å²) in [5.41, 5.74) is 7.71. The predicted molar refractivity (Wildman–Crippen MR) is 72.1 cm³/mol. The molecule has 98 valence electrons. The second kappa shape index (κ2) is 6.32. The smallest absolute Gasteiger partial charge is 0.164 e. The van der Waals surface area contributed by atoms with Crippen LogP contribution in [-0.4, -0.2) is 32.2 Å². The van der Waals surface area contributed by atoms with Crippen molar-refractivity contribution in [2.45, 2.75) is 13.1 Å². The molecule has 0 radical (unpaired) electrons. The number of hydrogen-bond donors (Lipinski definition) is 1. The largest absolute Gasteiger partial charge is 0.399 e. The number of tetrazole rings is 1. The Morgan fingerprint density at radius 1 is 1.33 bits per heavy atom. The standard InChI is InChI=1S/C11H16N6.ClH/c1-16(8-11-13-14-15-17(11)2)7-9-4-3-5-10(12)6-9;/h3-6H,7-8,12H2,1-2H3;1H. The van der Waals surface area contributed by atoms with Gasteiger partial charge in [-0.3, -0.25) is 4.90 Å². The molecular weight excluding hydrogens is 252 g/mol. The van der Waals surface area contributed by atoms with Gasteiger partial charge in [0, 0.05) is 19.3 Å². The van der Waals surface area contributed by atoms with Crippen molar-refractivity contribution in [3.63, 3.8) is 0 Å². The summed E-state index contributed by atoms with van der Waals surface area (Å²) in [5.74, 6) is 0.844. The first-order valence-corrected chi connectivity index (χ1v) is 5.39. The van der Waals surface area contributed by atoms with E-state index < -0.39 is 0 Å². The normalized spacial score (nSPS) is 10.4. The minimum Gasteiger partial charge on any atom is -0.399 e. The van der Waals surface area contributed by atoms with Gasteiger partial charge in [0.05, 0.1) is 6.54 Å². The number of halogens is 1. The second-order valence-corrected chi connectivity index (χ2v) is 4.14. The van der Waals surface area contributed by atoms with Gasteiger partial charge in [0.1, 0.15) is 0 Å². The Balaban J connectivity index is 0.00000162. The molecule has 0 fully saturated rings. The summed E-state index contributed by atoms with van der Waals surface area (Å²) in [6.07, 6.45) is 0. The van der Waals surface area contributed by atoms with E-state index >= 15 is 0 Å². The van der Waals surface area contributed by atoms with Gasteiger partial charge in [-0.15, -0.1) is 17.5 Å². The van der Waals surface area contributed by atoms with Crippen LogP contribution < -0.4 is 5.73 Å². The number of hydrogen-bond acceptors (Lipinski definition) is 5. The van der Waals surface area contributed by atoms with Crippen molar-refractivity contribution in [1.82, 2.24) is 25.1 Å². The highest BCUT2D eigenvalue weighted by Crippen LogP contribution is 2.09. The van der Waals surface area contributed by atoms with Crippen molar-refractivity contribution in [3.05, 3.63) is 35.7 Å². The Labute approximate surface area is 112 Å². The van der Waals surface area contributed by atoms with Crippen molar-refractivity contribution in [1.29, 1.82) is 0 Å². The zero-order valence-corrected chi connectivity index (χ0v) is 11.3. The van der Waals surface area contributed by atoms with Crippen LogP contribution in [0.4, 0.5) is 5.69 Å². The Hall–Kier alpha value is -1.66. The van der Waals surface area contributed by atoms with Gasteiger partial charge in [0.15, 0.2) is 5.82 Å². The number of rotatable bonds is 4. The molecule has 0 spiro atoms. The summed E-state index contributed by atoms with van der Waals surface area (Å²) >= 11 is 0. The quantitative estimate of drug-likeness (QED) is 0.832. The van der Waals surface area contributed by atoms with Gasteiger partial charge in [-0.25, -0.2) is 4.68 Å². The van der Waals surface area contributed by atoms with Gasteiger partial charge in [0.2, 0.25) is 0 Å². The van der Waals surface area contributed by atoms with E-state index in [0.29, 0.717) is 6.54 Å². The lowest BCUT2D eigenvalue weighted by Crippen LogP contribution is -2.19. The molecule has 2 N–H and O–H groups in total. The molecule has 1 aromatic heterocycles. The average molecular weight is 269 g/mol. The van der Waals surface area contributed by atoms with E-state index in [9.17, 15) is 0 Å². The van der Waals surface area contributed by atoms with Gasteiger partial charge < -0.3 is 5.73 Å². The van der Waals surface area contributed by atoms with Crippen molar-refractivity contribution >= 4 is 18.1 Å². The molecule has 0 atom stereocenters. The SMILES string of the molecule is CN(Cc1cccc(N)c1)Cc1nnnn1C.Cl. The zero-order valence-electron chi connectivity index (χ0n) is 10.4. The summed E-state index contributed by atoms with van der Waals surface area (Å²) in [4.78, 5) is 2.14. The van der Waals surface area contributed by atoms with Gasteiger partial charge in [-0.1, -0.05) is 12.1 Å². The van der Waals surface area contributed by atoms with Crippen LogP contribution in [0.1, 0.15) is 11.4 Å². The van der Waals surface area contributed by atoms with Crippen LogP contribution in [-0.2, 0) is 20.1 Å². The monoisotopic (exact) mass is 268 g/mol. The molecule has 7 heteroatoms. The molecule has 0 amide bonds. The zero-order chi connectivity index (χ0) is 12.3. The molecule has 0 aliphatic heterocycles. The summed E-state index contributed by atoms with van der Waals surface area (Å²) < 4.78 is 1.68. The number of aryl methyl sites for hydroxylation is 1. The summed E-state index contributed by atoms with van der Waals surface area (Å²) in [6.45, 7) is 1.52. The van der Waals surface area contributed by atoms with Crippen molar-refractivity contribution < 1.29 is 0 Å². The first-order chi connectivity index (χ1) is 8.15. The third kappa shape index (κ3) is 3.68. The van der Waals surface area contributed by atoms with Crippen molar-refractivity contribution in [3.8, 4) is 0 Å². The second-order valence-electron chi connectivity index (χ2n) is 4.14. The number of nitrogens with zero attached hydrogens (tertiary/aromatic N) is 5. The minimum atomic E-state index is 0. The molecule has 0 aliphatic carbocycles.